The van der Waals surface area contributed by atoms with E-state index in [-0.39, 0.29) is 18.0 Å². The first kappa shape index (κ1) is 17.7. The van der Waals surface area contributed by atoms with E-state index in [4.69, 9.17) is 4.74 Å². The molecule has 0 aliphatic carbocycles. The second kappa shape index (κ2) is 8.31. The monoisotopic (exact) mass is 383 g/mol. The number of hydrogen-bond acceptors (Lipinski definition) is 3. The number of benzene rings is 1. The lowest BCUT2D eigenvalue weighted by Gasteiger charge is -2.33. The highest BCUT2D eigenvalue weighted by Crippen LogP contribution is 2.23. The zero-order valence-electron chi connectivity index (χ0n) is 13.4. The van der Waals surface area contributed by atoms with Crippen molar-refractivity contribution in [2.45, 2.75) is 12.5 Å². The average Bonchev–Trinajstić information content (AvgIpc) is 2.55. The summed E-state index contributed by atoms with van der Waals surface area (Å²) in [5.74, 6) is 0.0000153. The van der Waals surface area contributed by atoms with Crippen molar-refractivity contribution in [3.05, 3.63) is 34.3 Å². The van der Waals surface area contributed by atoms with Crippen molar-refractivity contribution in [2.75, 3.05) is 40.3 Å². The minimum absolute atomic E-state index is 0.0000153. The molecule has 0 saturated carbocycles. The summed E-state index contributed by atoms with van der Waals surface area (Å²) in [6, 6.07) is 7.76. The van der Waals surface area contributed by atoms with Gasteiger partial charge in [-0.05, 0) is 17.7 Å². The third-order valence-electron chi connectivity index (χ3n) is 3.71. The summed E-state index contributed by atoms with van der Waals surface area (Å²) < 4.78 is 6.77. The fourth-order valence-electron chi connectivity index (χ4n) is 2.32. The van der Waals surface area contributed by atoms with Crippen LogP contribution in [-0.2, 0) is 9.53 Å². The highest BCUT2D eigenvalue weighted by Gasteiger charge is 2.25. The van der Waals surface area contributed by atoms with Gasteiger partial charge in [-0.15, -0.1) is 0 Å². The molecule has 23 heavy (non-hydrogen) atoms. The maximum Gasteiger partial charge on any atom is 0.317 e. The molecule has 2 rings (SSSR count). The molecule has 0 aromatic heterocycles. The van der Waals surface area contributed by atoms with E-state index < -0.39 is 0 Å². The highest BCUT2D eigenvalue weighted by atomic mass is 79.9. The summed E-state index contributed by atoms with van der Waals surface area (Å²) >= 11 is 3.41. The standard InChI is InChI=1S/C16H22BrN3O3/c1-19(2)15(21)7-8-18-16(22)20-9-10-23-14(11-20)12-3-5-13(17)6-4-12/h3-6,14H,7-11H2,1-2H3,(H,18,22)/t14-/m1/s1. The molecule has 0 unspecified atom stereocenters. The first-order chi connectivity index (χ1) is 11.0. The molecule has 0 radical (unpaired) electrons. The molecule has 1 aromatic carbocycles. The topological polar surface area (TPSA) is 61.9 Å². The van der Waals surface area contributed by atoms with Crippen molar-refractivity contribution in [1.29, 1.82) is 0 Å². The number of rotatable bonds is 4. The zero-order chi connectivity index (χ0) is 16.8. The number of nitrogens with one attached hydrogen (secondary N) is 1. The molecule has 1 aromatic rings. The number of halogens is 1. The van der Waals surface area contributed by atoms with Crippen molar-refractivity contribution in [3.8, 4) is 0 Å². The lowest BCUT2D eigenvalue weighted by Crippen LogP contribution is -2.47. The second-order valence-electron chi connectivity index (χ2n) is 5.63. The predicted molar refractivity (Wildman–Crippen MR) is 91.1 cm³/mol. The molecule has 1 atom stereocenters. The third kappa shape index (κ3) is 5.21. The Morgan fingerprint density at radius 1 is 1.35 bits per heavy atom. The van der Waals surface area contributed by atoms with Gasteiger partial charge in [0.25, 0.3) is 0 Å². The van der Waals surface area contributed by atoms with Gasteiger partial charge in [-0.3, -0.25) is 4.79 Å². The van der Waals surface area contributed by atoms with Gasteiger partial charge >= 0.3 is 6.03 Å². The molecule has 6 nitrogen and oxygen atoms in total. The summed E-state index contributed by atoms with van der Waals surface area (Å²) in [5.41, 5.74) is 1.05. The summed E-state index contributed by atoms with van der Waals surface area (Å²) in [4.78, 5) is 27.0. The van der Waals surface area contributed by atoms with Crippen LogP contribution in [0.4, 0.5) is 4.79 Å². The van der Waals surface area contributed by atoms with E-state index in [1.54, 1.807) is 19.0 Å². The number of nitrogens with zero attached hydrogens (tertiary/aromatic N) is 2. The van der Waals surface area contributed by atoms with Crippen molar-refractivity contribution >= 4 is 27.9 Å². The van der Waals surface area contributed by atoms with Gasteiger partial charge in [0, 0.05) is 38.1 Å². The lowest BCUT2D eigenvalue weighted by molar-refractivity contribution is -0.128. The molecule has 1 saturated heterocycles. The van der Waals surface area contributed by atoms with E-state index in [2.05, 4.69) is 21.2 Å². The SMILES string of the molecule is CN(C)C(=O)CCNC(=O)N1CCO[C@@H](c2ccc(Br)cc2)C1. The van der Waals surface area contributed by atoms with Crippen molar-refractivity contribution in [3.63, 3.8) is 0 Å². The van der Waals surface area contributed by atoms with E-state index >= 15 is 0 Å². The molecule has 1 aliphatic heterocycles. The quantitative estimate of drug-likeness (QED) is 0.864. The first-order valence-electron chi connectivity index (χ1n) is 7.57. The highest BCUT2D eigenvalue weighted by molar-refractivity contribution is 9.10. The van der Waals surface area contributed by atoms with Crippen LogP contribution in [0.5, 0.6) is 0 Å². The van der Waals surface area contributed by atoms with Crippen molar-refractivity contribution in [1.82, 2.24) is 15.1 Å². The number of carbonyl (C=O) groups is 2. The van der Waals surface area contributed by atoms with Gasteiger partial charge in [-0.2, -0.15) is 0 Å². The normalized spacial score (nSPS) is 17.7. The van der Waals surface area contributed by atoms with E-state index in [1.165, 1.54) is 4.90 Å². The van der Waals surface area contributed by atoms with Crippen LogP contribution in [0.25, 0.3) is 0 Å². The van der Waals surface area contributed by atoms with Gasteiger partial charge < -0.3 is 19.9 Å². The largest absolute Gasteiger partial charge is 0.370 e. The molecular formula is C16H22BrN3O3. The Morgan fingerprint density at radius 3 is 2.70 bits per heavy atom. The number of hydrogen-bond donors (Lipinski definition) is 1. The number of amides is 3. The Bertz CT molecular complexity index is 548. The number of morpholine rings is 1. The van der Waals surface area contributed by atoms with Crippen LogP contribution in [0, 0.1) is 0 Å². The van der Waals surface area contributed by atoms with Crippen molar-refractivity contribution < 1.29 is 14.3 Å². The molecule has 0 spiro atoms. The smallest absolute Gasteiger partial charge is 0.317 e. The van der Waals surface area contributed by atoms with Gasteiger partial charge in [0.05, 0.1) is 13.2 Å². The molecule has 1 heterocycles. The van der Waals surface area contributed by atoms with E-state index in [9.17, 15) is 9.59 Å². The second-order valence-corrected chi connectivity index (χ2v) is 6.54. The minimum Gasteiger partial charge on any atom is -0.370 e. The summed E-state index contributed by atoms with van der Waals surface area (Å²) in [6.45, 7) is 1.91. The van der Waals surface area contributed by atoms with E-state index in [0.717, 1.165) is 10.0 Å². The molecule has 126 valence electrons. The average molecular weight is 384 g/mol. The van der Waals surface area contributed by atoms with Gasteiger partial charge in [0.15, 0.2) is 0 Å². The summed E-state index contributed by atoms with van der Waals surface area (Å²) in [6.07, 6.45) is 0.185. The minimum atomic E-state index is -0.151. The number of urea groups is 1. The van der Waals surface area contributed by atoms with Gasteiger partial charge in [-0.25, -0.2) is 4.79 Å². The Kier molecular flexibility index (Phi) is 6.41. The fraction of sp³-hybridized carbons (Fsp3) is 0.500. The molecule has 0 bridgehead atoms. The van der Waals surface area contributed by atoms with Crippen molar-refractivity contribution in [2.24, 2.45) is 0 Å². The van der Waals surface area contributed by atoms with Crippen LogP contribution in [0.3, 0.4) is 0 Å². The maximum atomic E-state index is 12.2. The van der Waals surface area contributed by atoms with Crippen LogP contribution in [0.2, 0.25) is 0 Å². The maximum absolute atomic E-state index is 12.2. The van der Waals surface area contributed by atoms with Crippen LogP contribution >= 0.6 is 15.9 Å². The summed E-state index contributed by atoms with van der Waals surface area (Å²) in [5, 5.41) is 2.80. The lowest BCUT2D eigenvalue weighted by atomic mass is 10.1. The number of ether oxygens (including phenoxy) is 1. The predicted octanol–water partition coefficient (Wildman–Crippen LogP) is 2.01. The van der Waals surface area contributed by atoms with Gasteiger partial charge in [-0.1, -0.05) is 28.1 Å². The molecule has 1 N–H and O–H groups in total. The van der Waals surface area contributed by atoms with Crippen LogP contribution in [-0.4, -0.2) is 62.1 Å². The Hall–Kier alpha value is -1.60. The molecule has 7 heteroatoms. The Balaban J connectivity index is 1.84. The molecule has 1 aliphatic rings. The van der Waals surface area contributed by atoms with Crippen LogP contribution in [0.1, 0.15) is 18.1 Å². The third-order valence-corrected chi connectivity index (χ3v) is 4.24. The van der Waals surface area contributed by atoms with Gasteiger partial charge in [0.2, 0.25) is 5.91 Å². The van der Waals surface area contributed by atoms with E-state index in [0.29, 0.717) is 32.7 Å². The zero-order valence-corrected chi connectivity index (χ0v) is 15.0. The number of carbonyl (C=O) groups excluding carboxylic acids is 2. The van der Waals surface area contributed by atoms with Gasteiger partial charge in [0.1, 0.15) is 6.10 Å². The molecule has 3 amide bonds. The van der Waals surface area contributed by atoms with Crippen LogP contribution in [0.15, 0.2) is 28.7 Å². The van der Waals surface area contributed by atoms with Crippen LogP contribution < -0.4 is 5.32 Å². The molecular weight excluding hydrogens is 362 g/mol. The Labute approximate surface area is 144 Å². The first-order valence-corrected chi connectivity index (χ1v) is 8.36. The van der Waals surface area contributed by atoms with E-state index in [1.807, 2.05) is 24.3 Å². The summed E-state index contributed by atoms with van der Waals surface area (Å²) in [7, 11) is 3.41. The molecule has 1 fully saturated rings. The Morgan fingerprint density at radius 2 is 2.04 bits per heavy atom. The fourth-order valence-corrected chi connectivity index (χ4v) is 2.59.